The number of carbonyl (C=O) groups excluding carboxylic acids is 3. The first-order valence-corrected chi connectivity index (χ1v) is 10.6. The van der Waals surface area contributed by atoms with Gasteiger partial charge in [0.1, 0.15) is 24.7 Å². The van der Waals surface area contributed by atoms with E-state index in [1.165, 1.54) is 12.1 Å². The summed E-state index contributed by atoms with van der Waals surface area (Å²) in [7, 11) is 0. The lowest BCUT2D eigenvalue weighted by Gasteiger charge is -2.13. The molecule has 0 bridgehead atoms. The summed E-state index contributed by atoms with van der Waals surface area (Å²) in [5.74, 6) is -0.238. The number of hydrogen-bond donors (Lipinski definition) is 1. The minimum absolute atomic E-state index is 0.265. The van der Waals surface area contributed by atoms with Gasteiger partial charge in [-0.2, -0.15) is 0 Å². The maximum Gasteiger partial charge on any atom is 0.294 e. The summed E-state index contributed by atoms with van der Waals surface area (Å²) in [6.45, 7) is 4.42. The third-order valence-corrected chi connectivity index (χ3v) is 5.29. The lowest BCUT2D eigenvalue weighted by atomic mass is 10.2. The van der Waals surface area contributed by atoms with E-state index in [4.69, 9.17) is 4.74 Å². The zero-order valence-corrected chi connectivity index (χ0v) is 18.1. The predicted molar refractivity (Wildman–Crippen MR) is 118 cm³/mol. The molecule has 2 aromatic carbocycles. The maximum atomic E-state index is 12.9. The molecule has 0 aromatic heterocycles. The van der Waals surface area contributed by atoms with Crippen molar-refractivity contribution >= 4 is 34.9 Å². The maximum absolute atomic E-state index is 12.9. The van der Waals surface area contributed by atoms with Gasteiger partial charge in [-0.05, 0) is 59.1 Å². The first kappa shape index (κ1) is 22.6. The second-order valence-electron chi connectivity index (χ2n) is 7.45. The van der Waals surface area contributed by atoms with Gasteiger partial charge < -0.3 is 10.1 Å². The Labute approximate surface area is 184 Å². The number of rotatable bonds is 8. The Morgan fingerprint density at radius 2 is 1.81 bits per heavy atom. The van der Waals surface area contributed by atoms with E-state index in [1.54, 1.807) is 42.5 Å². The lowest BCUT2D eigenvalue weighted by molar-refractivity contribution is -0.129. The third-order valence-electron chi connectivity index (χ3n) is 4.38. The first-order chi connectivity index (χ1) is 14.8. The molecule has 3 amide bonds. The number of imide groups is 1. The molecule has 0 atom stereocenters. The molecule has 1 saturated heterocycles. The molecule has 1 heterocycles. The number of hydrogen-bond acceptors (Lipinski definition) is 5. The van der Waals surface area contributed by atoms with Crippen molar-refractivity contribution in [2.75, 3.05) is 13.1 Å². The Hall–Kier alpha value is -3.13. The van der Waals surface area contributed by atoms with Gasteiger partial charge in [0.15, 0.2) is 0 Å². The van der Waals surface area contributed by atoms with Crippen molar-refractivity contribution in [2.45, 2.75) is 20.5 Å². The summed E-state index contributed by atoms with van der Waals surface area (Å²) in [4.78, 5) is 37.9. The highest BCUT2D eigenvalue weighted by Gasteiger charge is 2.36. The average Bonchev–Trinajstić information content (AvgIpc) is 3.00. The van der Waals surface area contributed by atoms with Gasteiger partial charge in [0, 0.05) is 6.54 Å². The van der Waals surface area contributed by atoms with Gasteiger partial charge >= 0.3 is 0 Å². The number of benzene rings is 2. The normalized spacial score (nSPS) is 15.1. The molecule has 1 N–H and O–H groups in total. The fourth-order valence-corrected chi connectivity index (χ4v) is 3.55. The highest BCUT2D eigenvalue weighted by molar-refractivity contribution is 8.18. The topological polar surface area (TPSA) is 75.7 Å². The minimum Gasteiger partial charge on any atom is -0.489 e. The van der Waals surface area contributed by atoms with Crippen LogP contribution in [0.1, 0.15) is 25.0 Å². The van der Waals surface area contributed by atoms with Crippen molar-refractivity contribution < 1.29 is 23.5 Å². The molecular formula is C23H23FN2O4S. The van der Waals surface area contributed by atoms with Crippen molar-refractivity contribution in [2.24, 2.45) is 5.92 Å². The van der Waals surface area contributed by atoms with Gasteiger partial charge in [-0.25, -0.2) is 4.39 Å². The van der Waals surface area contributed by atoms with Crippen molar-refractivity contribution in [3.63, 3.8) is 0 Å². The number of ether oxygens (including phenoxy) is 1. The molecule has 1 aliphatic rings. The van der Waals surface area contributed by atoms with Gasteiger partial charge in [-0.15, -0.1) is 0 Å². The summed E-state index contributed by atoms with van der Waals surface area (Å²) >= 11 is 0.813. The molecule has 2 aromatic rings. The van der Waals surface area contributed by atoms with E-state index < -0.39 is 11.1 Å². The lowest BCUT2D eigenvalue weighted by Crippen LogP contribution is -2.40. The second-order valence-corrected chi connectivity index (χ2v) is 8.44. The number of amides is 3. The molecule has 0 spiro atoms. The number of nitrogens with zero attached hydrogens (tertiary/aromatic N) is 1. The smallest absolute Gasteiger partial charge is 0.294 e. The quantitative estimate of drug-likeness (QED) is 0.620. The summed E-state index contributed by atoms with van der Waals surface area (Å²) < 4.78 is 18.6. The SMILES string of the molecule is CC(C)CNC(=O)CN1C(=O)S/C(=C\c2ccc(OCc3ccc(F)cc3)cc2)C1=O. The Bertz CT molecular complexity index is 988. The van der Waals surface area contributed by atoms with Crippen LogP contribution >= 0.6 is 11.8 Å². The van der Waals surface area contributed by atoms with Crippen LogP contribution in [0.3, 0.4) is 0 Å². The molecule has 0 unspecified atom stereocenters. The first-order valence-electron chi connectivity index (χ1n) is 9.81. The van der Waals surface area contributed by atoms with E-state index >= 15 is 0 Å². The van der Waals surface area contributed by atoms with Gasteiger partial charge in [0.05, 0.1) is 4.91 Å². The minimum atomic E-state index is -0.480. The van der Waals surface area contributed by atoms with Crippen LogP contribution in [0.5, 0.6) is 5.75 Å². The number of thioether (sulfide) groups is 1. The van der Waals surface area contributed by atoms with Gasteiger partial charge in [0.2, 0.25) is 5.91 Å². The van der Waals surface area contributed by atoms with Crippen LogP contribution in [0, 0.1) is 11.7 Å². The summed E-state index contributed by atoms with van der Waals surface area (Å²) in [5.41, 5.74) is 1.57. The highest BCUT2D eigenvalue weighted by atomic mass is 32.2. The van der Waals surface area contributed by atoms with E-state index in [-0.39, 0.29) is 29.1 Å². The van der Waals surface area contributed by atoms with Crippen molar-refractivity contribution in [3.8, 4) is 5.75 Å². The molecule has 8 heteroatoms. The largest absolute Gasteiger partial charge is 0.489 e. The van der Waals surface area contributed by atoms with E-state index in [9.17, 15) is 18.8 Å². The monoisotopic (exact) mass is 442 g/mol. The zero-order chi connectivity index (χ0) is 22.4. The number of halogens is 1. The zero-order valence-electron chi connectivity index (χ0n) is 17.3. The highest BCUT2D eigenvalue weighted by Crippen LogP contribution is 2.32. The van der Waals surface area contributed by atoms with Crippen molar-refractivity contribution in [1.82, 2.24) is 10.2 Å². The van der Waals surface area contributed by atoms with Gasteiger partial charge in [-0.3, -0.25) is 19.3 Å². The second kappa shape index (κ2) is 10.3. The number of carbonyl (C=O) groups is 3. The summed E-state index contributed by atoms with van der Waals surface area (Å²) in [5, 5.41) is 2.24. The number of nitrogens with one attached hydrogen (secondary N) is 1. The van der Waals surface area contributed by atoms with Crippen molar-refractivity contribution in [3.05, 3.63) is 70.4 Å². The van der Waals surface area contributed by atoms with Crippen LogP contribution < -0.4 is 10.1 Å². The predicted octanol–water partition coefficient (Wildman–Crippen LogP) is 4.21. The molecular weight excluding hydrogens is 419 g/mol. The van der Waals surface area contributed by atoms with E-state index in [0.717, 1.165) is 27.8 Å². The molecule has 31 heavy (non-hydrogen) atoms. The van der Waals surface area contributed by atoms with E-state index in [1.807, 2.05) is 13.8 Å². The van der Waals surface area contributed by atoms with Crippen LogP contribution in [-0.4, -0.2) is 35.0 Å². The van der Waals surface area contributed by atoms with Crippen LogP contribution in [-0.2, 0) is 16.2 Å². The Kier molecular flexibility index (Phi) is 7.46. The van der Waals surface area contributed by atoms with Crippen LogP contribution in [0.2, 0.25) is 0 Å². The fraction of sp³-hybridized carbons (Fsp3) is 0.261. The average molecular weight is 443 g/mol. The molecule has 6 nitrogen and oxygen atoms in total. The molecule has 1 aliphatic heterocycles. The molecule has 1 fully saturated rings. The Morgan fingerprint density at radius 3 is 2.45 bits per heavy atom. The van der Waals surface area contributed by atoms with E-state index in [0.29, 0.717) is 18.9 Å². The van der Waals surface area contributed by atoms with Crippen LogP contribution in [0.4, 0.5) is 9.18 Å². The standard InChI is InChI=1S/C23H23FN2O4S/c1-15(2)12-25-21(27)13-26-22(28)20(31-23(26)29)11-16-5-9-19(10-6-16)30-14-17-3-7-18(24)8-4-17/h3-11,15H,12-14H2,1-2H3,(H,25,27)/b20-11-. The van der Waals surface area contributed by atoms with Crippen LogP contribution in [0.15, 0.2) is 53.4 Å². The molecule has 3 rings (SSSR count). The summed E-state index contributed by atoms with van der Waals surface area (Å²) in [6.07, 6.45) is 1.61. The Balaban J connectivity index is 1.58. The fourth-order valence-electron chi connectivity index (χ4n) is 2.71. The Morgan fingerprint density at radius 1 is 1.13 bits per heavy atom. The van der Waals surface area contributed by atoms with Crippen molar-refractivity contribution in [1.29, 1.82) is 0 Å². The molecule has 0 aliphatic carbocycles. The molecule has 0 radical (unpaired) electrons. The third kappa shape index (κ3) is 6.42. The van der Waals surface area contributed by atoms with Gasteiger partial charge in [-0.1, -0.05) is 38.1 Å². The van der Waals surface area contributed by atoms with Gasteiger partial charge in [0.25, 0.3) is 11.1 Å². The van der Waals surface area contributed by atoms with Crippen LogP contribution in [0.25, 0.3) is 6.08 Å². The summed E-state index contributed by atoms with van der Waals surface area (Å²) in [6, 6.07) is 13.1. The molecule has 162 valence electrons. The molecule has 0 saturated carbocycles. The van der Waals surface area contributed by atoms with E-state index in [2.05, 4.69) is 5.32 Å².